The van der Waals surface area contributed by atoms with E-state index in [0.29, 0.717) is 18.3 Å². The van der Waals surface area contributed by atoms with Crippen molar-refractivity contribution in [3.63, 3.8) is 0 Å². The van der Waals surface area contributed by atoms with Crippen LogP contribution in [0.15, 0.2) is 24.3 Å². The van der Waals surface area contributed by atoms with E-state index in [2.05, 4.69) is 40.9 Å². The zero-order valence-corrected chi connectivity index (χ0v) is 17.0. The number of piperidine rings is 1. The van der Waals surface area contributed by atoms with Gasteiger partial charge in [-0.3, -0.25) is 4.79 Å². The molecule has 1 amide bonds. The highest BCUT2D eigenvalue weighted by Gasteiger charge is 2.25. The molecule has 1 saturated heterocycles. The van der Waals surface area contributed by atoms with E-state index in [1.165, 1.54) is 0 Å². The zero-order valence-electron chi connectivity index (χ0n) is 16.3. The first-order valence-electron chi connectivity index (χ1n) is 9.51. The molecule has 1 aliphatic heterocycles. The van der Waals surface area contributed by atoms with Crippen LogP contribution < -0.4 is 10.6 Å². The number of nitrogens with zero attached hydrogens (tertiary/aromatic N) is 3. The first kappa shape index (κ1) is 19.8. The fourth-order valence-electron chi connectivity index (χ4n) is 3.61. The van der Waals surface area contributed by atoms with E-state index < -0.39 is 0 Å². The number of carbonyl (C=O) groups excluding carboxylic acids is 1. The second-order valence-electron chi connectivity index (χ2n) is 8.10. The fourth-order valence-corrected chi connectivity index (χ4v) is 3.83. The number of hydrogen-bond acceptors (Lipinski definition) is 4. The molecule has 1 aromatic heterocycles. The molecule has 146 valence electrons. The maximum atomic E-state index is 12.7. The van der Waals surface area contributed by atoms with Crippen molar-refractivity contribution in [3.8, 4) is 0 Å². The summed E-state index contributed by atoms with van der Waals surface area (Å²) in [6.45, 7) is 8.69. The van der Waals surface area contributed by atoms with Crippen molar-refractivity contribution in [2.24, 2.45) is 5.41 Å². The van der Waals surface area contributed by atoms with Crippen LogP contribution in [-0.2, 0) is 6.42 Å². The van der Waals surface area contributed by atoms with Crippen LogP contribution in [0.2, 0.25) is 5.02 Å². The highest BCUT2D eigenvalue weighted by Crippen LogP contribution is 2.23. The molecule has 1 aliphatic rings. The number of aromatic nitrogens is 3. The molecule has 0 radical (unpaired) electrons. The topological polar surface area (TPSA) is 71.8 Å². The number of carbonyl (C=O) groups is 1. The Labute approximate surface area is 165 Å². The van der Waals surface area contributed by atoms with E-state index in [4.69, 9.17) is 11.6 Å². The predicted octanol–water partition coefficient (Wildman–Crippen LogP) is 3.16. The van der Waals surface area contributed by atoms with Gasteiger partial charge in [0.2, 0.25) is 0 Å². The third-order valence-electron chi connectivity index (χ3n) is 5.10. The summed E-state index contributed by atoms with van der Waals surface area (Å²) in [4.78, 5) is 12.7. The lowest BCUT2D eigenvalue weighted by molar-refractivity contribution is 0.0930. The molecule has 3 rings (SSSR count). The van der Waals surface area contributed by atoms with Gasteiger partial charge in [0.1, 0.15) is 0 Å². The molecule has 0 saturated carbocycles. The number of benzene rings is 1. The van der Waals surface area contributed by atoms with Crippen molar-refractivity contribution in [2.45, 2.75) is 46.1 Å². The highest BCUT2D eigenvalue weighted by molar-refractivity contribution is 6.30. The first-order chi connectivity index (χ1) is 12.9. The Hall–Kier alpha value is -1.92. The molecule has 2 N–H and O–H groups in total. The van der Waals surface area contributed by atoms with Crippen LogP contribution in [-0.4, -0.2) is 40.5 Å². The molecule has 0 bridgehead atoms. The van der Waals surface area contributed by atoms with Gasteiger partial charge in [0.25, 0.3) is 5.91 Å². The molecule has 2 aromatic rings. The molecule has 0 spiro atoms. The summed E-state index contributed by atoms with van der Waals surface area (Å²) in [5.41, 5.74) is 2.33. The van der Waals surface area contributed by atoms with Crippen molar-refractivity contribution in [1.82, 2.24) is 25.6 Å². The van der Waals surface area contributed by atoms with E-state index in [1.54, 1.807) is 0 Å². The Kier molecular flexibility index (Phi) is 6.17. The van der Waals surface area contributed by atoms with Crippen molar-refractivity contribution >= 4 is 17.5 Å². The van der Waals surface area contributed by atoms with Gasteiger partial charge in [0.05, 0.1) is 11.7 Å². The summed E-state index contributed by atoms with van der Waals surface area (Å²) in [5, 5.41) is 15.5. The van der Waals surface area contributed by atoms with Crippen LogP contribution in [0.5, 0.6) is 0 Å². The van der Waals surface area contributed by atoms with E-state index in [1.807, 2.05) is 29.8 Å². The standard InChI is InChI=1S/C20H28ClN5O/c1-14-18(24-25-26(14)17-7-9-22-10-8-17)19(27)23-13-20(2,3)12-15-5-4-6-16(21)11-15/h4-6,11,17,22H,7-10,12-13H2,1-3H3,(H,23,27). The molecule has 2 heterocycles. The lowest BCUT2D eigenvalue weighted by Crippen LogP contribution is -2.36. The highest BCUT2D eigenvalue weighted by atomic mass is 35.5. The van der Waals surface area contributed by atoms with Gasteiger partial charge in [-0.25, -0.2) is 4.68 Å². The number of nitrogens with one attached hydrogen (secondary N) is 2. The van der Waals surface area contributed by atoms with Gasteiger partial charge in [-0.2, -0.15) is 0 Å². The first-order valence-corrected chi connectivity index (χ1v) is 9.89. The van der Waals surface area contributed by atoms with Crippen molar-refractivity contribution in [2.75, 3.05) is 19.6 Å². The molecule has 6 nitrogen and oxygen atoms in total. The molecule has 1 fully saturated rings. The Morgan fingerprint density at radius 3 is 2.81 bits per heavy atom. The van der Waals surface area contributed by atoms with Crippen LogP contribution in [0.25, 0.3) is 0 Å². The number of hydrogen-bond donors (Lipinski definition) is 2. The van der Waals surface area contributed by atoms with Crippen LogP contribution in [0.1, 0.15) is 54.5 Å². The zero-order chi connectivity index (χ0) is 19.4. The van der Waals surface area contributed by atoms with Crippen molar-refractivity contribution < 1.29 is 4.79 Å². The van der Waals surface area contributed by atoms with Crippen molar-refractivity contribution in [3.05, 3.63) is 46.2 Å². The lowest BCUT2D eigenvalue weighted by Gasteiger charge is -2.25. The minimum absolute atomic E-state index is 0.0979. The molecule has 0 aliphatic carbocycles. The molecule has 0 unspecified atom stereocenters. The fraction of sp³-hybridized carbons (Fsp3) is 0.550. The second-order valence-corrected chi connectivity index (χ2v) is 8.54. The Balaban J connectivity index is 1.61. The van der Waals surface area contributed by atoms with Gasteiger partial charge in [-0.1, -0.05) is 42.8 Å². The maximum Gasteiger partial charge on any atom is 0.273 e. The van der Waals surface area contributed by atoms with Crippen LogP contribution in [0.4, 0.5) is 0 Å². The Morgan fingerprint density at radius 2 is 2.11 bits per heavy atom. The van der Waals surface area contributed by atoms with Crippen molar-refractivity contribution in [1.29, 1.82) is 0 Å². The number of rotatable bonds is 6. The van der Waals surface area contributed by atoms with Gasteiger partial charge >= 0.3 is 0 Å². The summed E-state index contributed by atoms with van der Waals surface area (Å²) in [5.74, 6) is -0.160. The summed E-state index contributed by atoms with van der Waals surface area (Å²) in [7, 11) is 0. The summed E-state index contributed by atoms with van der Waals surface area (Å²) >= 11 is 6.07. The van der Waals surface area contributed by atoms with Gasteiger partial charge in [-0.15, -0.1) is 5.10 Å². The summed E-state index contributed by atoms with van der Waals surface area (Å²) in [6.07, 6.45) is 2.85. The van der Waals surface area contributed by atoms with E-state index in [9.17, 15) is 4.79 Å². The average Bonchev–Trinajstić information content (AvgIpc) is 3.02. The lowest BCUT2D eigenvalue weighted by atomic mass is 9.85. The molecule has 27 heavy (non-hydrogen) atoms. The minimum Gasteiger partial charge on any atom is -0.350 e. The molecule has 1 aromatic carbocycles. The van der Waals surface area contributed by atoms with E-state index >= 15 is 0 Å². The average molecular weight is 390 g/mol. The number of amides is 1. The maximum absolute atomic E-state index is 12.7. The second kappa shape index (κ2) is 8.40. The Bertz CT molecular complexity index is 795. The van der Waals surface area contributed by atoms with Gasteiger partial charge in [-0.05, 0) is 62.4 Å². The van der Waals surface area contributed by atoms with Crippen LogP contribution >= 0.6 is 11.6 Å². The van der Waals surface area contributed by atoms with Gasteiger partial charge in [0.15, 0.2) is 5.69 Å². The van der Waals surface area contributed by atoms with Gasteiger partial charge in [0, 0.05) is 11.6 Å². The Morgan fingerprint density at radius 1 is 1.37 bits per heavy atom. The van der Waals surface area contributed by atoms with E-state index in [0.717, 1.165) is 48.6 Å². The third-order valence-corrected chi connectivity index (χ3v) is 5.33. The van der Waals surface area contributed by atoms with Crippen LogP contribution in [0, 0.1) is 12.3 Å². The smallest absolute Gasteiger partial charge is 0.273 e. The molecule has 7 heteroatoms. The van der Waals surface area contributed by atoms with Crippen LogP contribution in [0.3, 0.4) is 0 Å². The van der Waals surface area contributed by atoms with E-state index in [-0.39, 0.29) is 11.3 Å². The predicted molar refractivity (Wildman–Crippen MR) is 107 cm³/mol. The molecular formula is C20H28ClN5O. The quantitative estimate of drug-likeness (QED) is 0.796. The van der Waals surface area contributed by atoms with Gasteiger partial charge < -0.3 is 10.6 Å². The SMILES string of the molecule is Cc1c(C(=O)NCC(C)(C)Cc2cccc(Cl)c2)nnn1C1CCNCC1. The summed E-state index contributed by atoms with van der Waals surface area (Å²) in [6, 6.07) is 8.17. The minimum atomic E-state index is -0.160. The monoisotopic (exact) mass is 389 g/mol. The molecular weight excluding hydrogens is 362 g/mol. The normalized spacial score (nSPS) is 15.7. The summed E-state index contributed by atoms with van der Waals surface area (Å²) < 4.78 is 1.91. The third kappa shape index (κ3) is 5.08. The number of halogens is 1. The molecule has 0 atom stereocenters. The largest absolute Gasteiger partial charge is 0.350 e.